The second-order valence-electron chi connectivity index (χ2n) is 9.22. The molecular weight excluding hydrogens is 347 g/mol. The molecular formula is C20H33FN2O2Si. The summed E-state index contributed by atoms with van der Waals surface area (Å²) in [4.78, 5) is 0. The topological polar surface area (TPSA) is 47.2 Å². The van der Waals surface area contributed by atoms with Gasteiger partial charge in [0.25, 0.3) is 0 Å². The maximum atomic E-state index is 14.8. The molecule has 1 aromatic heterocycles. The second-order valence-corrected chi connectivity index (χ2v) is 14.8. The molecule has 3 atom stereocenters. The summed E-state index contributed by atoms with van der Waals surface area (Å²) in [6, 6.07) is 4.44. The maximum absolute atomic E-state index is 14.8. The predicted octanol–water partition coefficient (Wildman–Crippen LogP) is 5.32. The van der Waals surface area contributed by atoms with E-state index in [4.69, 9.17) is 9.47 Å². The minimum absolute atomic E-state index is 0.0936. The smallest absolute Gasteiger partial charge is 0.148 e. The third-order valence-corrected chi connectivity index (χ3v) is 7.49. The number of rotatable bonds is 7. The Balaban J connectivity index is 2.29. The lowest BCUT2D eigenvalue weighted by Crippen LogP contribution is -2.27. The van der Waals surface area contributed by atoms with Crippen molar-refractivity contribution in [1.29, 1.82) is 5.26 Å². The summed E-state index contributed by atoms with van der Waals surface area (Å²) in [6.45, 7) is 16.2. The Kier molecular flexibility index (Phi) is 6.37. The Labute approximate surface area is 158 Å². The van der Waals surface area contributed by atoms with Crippen molar-refractivity contribution >= 4 is 8.07 Å². The zero-order valence-corrected chi connectivity index (χ0v) is 18.2. The zero-order valence-electron chi connectivity index (χ0n) is 17.2. The van der Waals surface area contributed by atoms with Crippen LogP contribution in [0.3, 0.4) is 0 Å². The number of nitrogens with zero attached hydrogens (tertiary/aromatic N) is 2. The van der Waals surface area contributed by atoms with E-state index in [1.165, 1.54) is 6.07 Å². The van der Waals surface area contributed by atoms with Crippen molar-refractivity contribution in [2.75, 3.05) is 6.61 Å². The zero-order chi connectivity index (χ0) is 19.7. The summed E-state index contributed by atoms with van der Waals surface area (Å²) >= 11 is 0. The van der Waals surface area contributed by atoms with Crippen molar-refractivity contribution in [1.82, 2.24) is 4.57 Å². The Morgan fingerprint density at radius 1 is 1.38 bits per heavy atom. The second kappa shape index (κ2) is 7.83. The molecule has 1 aromatic rings. The van der Waals surface area contributed by atoms with E-state index >= 15 is 0 Å². The molecule has 6 heteroatoms. The lowest BCUT2D eigenvalue weighted by atomic mass is 9.74. The number of aromatic nitrogens is 1. The van der Waals surface area contributed by atoms with E-state index in [1.54, 1.807) is 4.57 Å². The molecule has 0 aromatic carbocycles. The van der Waals surface area contributed by atoms with Crippen molar-refractivity contribution in [3.63, 3.8) is 0 Å². The fourth-order valence-electron chi connectivity index (χ4n) is 3.62. The van der Waals surface area contributed by atoms with Crippen LogP contribution in [0.4, 0.5) is 4.39 Å². The average Bonchev–Trinajstić information content (AvgIpc) is 2.97. The van der Waals surface area contributed by atoms with Crippen LogP contribution < -0.4 is 0 Å². The van der Waals surface area contributed by atoms with Crippen molar-refractivity contribution in [2.45, 2.75) is 78.7 Å². The van der Waals surface area contributed by atoms with Gasteiger partial charge in [-0.2, -0.15) is 5.26 Å². The van der Waals surface area contributed by atoms with Gasteiger partial charge in [0.1, 0.15) is 30.4 Å². The van der Waals surface area contributed by atoms with Crippen LogP contribution in [0.25, 0.3) is 0 Å². The molecule has 1 aliphatic heterocycles. The number of hydrogen-bond acceptors (Lipinski definition) is 3. The molecule has 26 heavy (non-hydrogen) atoms. The molecule has 1 aliphatic rings. The van der Waals surface area contributed by atoms with Crippen LogP contribution >= 0.6 is 0 Å². The fraction of sp³-hybridized carbons (Fsp3) is 0.750. The fourth-order valence-corrected chi connectivity index (χ4v) is 4.37. The normalized spacial score (nSPS) is 25.4. The number of halogens is 1. The van der Waals surface area contributed by atoms with Gasteiger partial charge >= 0.3 is 0 Å². The molecule has 1 saturated heterocycles. The quantitative estimate of drug-likeness (QED) is 0.475. The molecule has 4 nitrogen and oxygen atoms in total. The van der Waals surface area contributed by atoms with Crippen molar-refractivity contribution < 1.29 is 13.9 Å². The summed E-state index contributed by atoms with van der Waals surface area (Å²) < 4.78 is 28.5. The molecule has 0 amide bonds. The van der Waals surface area contributed by atoms with Gasteiger partial charge in [0.05, 0.1) is 11.8 Å². The summed E-state index contributed by atoms with van der Waals surface area (Å²) in [7, 11) is -1.20. The van der Waals surface area contributed by atoms with Crippen LogP contribution in [0.5, 0.6) is 0 Å². The van der Waals surface area contributed by atoms with E-state index in [-0.39, 0.29) is 35.9 Å². The van der Waals surface area contributed by atoms with E-state index in [0.717, 1.165) is 12.5 Å². The first-order valence-corrected chi connectivity index (χ1v) is 13.3. The molecule has 0 N–H and O–H groups in total. The molecule has 0 aliphatic carbocycles. The van der Waals surface area contributed by atoms with Gasteiger partial charge < -0.3 is 14.0 Å². The van der Waals surface area contributed by atoms with Gasteiger partial charge in [0.15, 0.2) is 0 Å². The van der Waals surface area contributed by atoms with Gasteiger partial charge in [-0.1, -0.05) is 47.3 Å². The molecule has 0 radical (unpaired) electrons. The summed E-state index contributed by atoms with van der Waals surface area (Å²) in [5.41, 5.74) is 0.516. The molecule has 0 saturated carbocycles. The molecule has 0 bridgehead atoms. The molecule has 0 unspecified atom stereocenters. The van der Waals surface area contributed by atoms with Crippen LogP contribution in [0.2, 0.25) is 25.7 Å². The van der Waals surface area contributed by atoms with Crippen LogP contribution in [-0.2, 0) is 16.2 Å². The van der Waals surface area contributed by atoms with Crippen molar-refractivity contribution in [3.8, 4) is 6.07 Å². The third kappa shape index (κ3) is 4.21. The van der Waals surface area contributed by atoms with Gasteiger partial charge in [-0.05, 0) is 18.4 Å². The van der Waals surface area contributed by atoms with Crippen LogP contribution in [-0.4, -0.2) is 25.4 Å². The van der Waals surface area contributed by atoms with Gasteiger partial charge in [-0.25, -0.2) is 4.39 Å². The molecule has 2 heterocycles. The Hall–Kier alpha value is -1.16. The lowest BCUT2D eigenvalue weighted by molar-refractivity contribution is 0.00215. The SMILES string of the molecule is CC[C@H]1O[C@@H](c2c(F)cc(C#N)n2COCC[Si](C)(C)C)C(C)(C)[C@@H]1C. The van der Waals surface area contributed by atoms with Crippen LogP contribution in [0.15, 0.2) is 6.07 Å². The molecule has 2 rings (SSSR count). The highest BCUT2D eigenvalue weighted by molar-refractivity contribution is 6.76. The molecule has 1 fully saturated rings. The van der Waals surface area contributed by atoms with Gasteiger partial charge in [-0.15, -0.1) is 0 Å². The first-order valence-electron chi connectivity index (χ1n) is 9.55. The number of hydrogen-bond donors (Lipinski definition) is 0. The van der Waals surface area contributed by atoms with E-state index < -0.39 is 8.07 Å². The Morgan fingerprint density at radius 3 is 2.54 bits per heavy atom. The van der Waals surface area contributed by atoms with Gasteiger partial charge in [0, 0.05) is 26.2 Å². The summed E-state index contributed by atoms with van der Waals surface area (Å²) in [5.74, 6) is -0.0732. The summed E-state index contributed by atoms with van der Waals surface area (Å²) in [6.07, 6.45) is 0.600. The Morgan fingerprint density at radius 2 is 2.04 bits per heavy atom. The average molecular weight is 381 g/mol. The first kappa shape index (κ1) is 21.1. The summed E-state index contributed by atoms with van der Waals surface area (Å²) in [5, 5.41) is 9.44. The van der Waals surface area contributed by atoms with Crippen LogP contribution in [0.1, 0.15) is 51.6 Å². The molecule has 146 valence electrons. The van der Waals surface area contributed by atoms with E-state index in [9.17, 15) is 9.65 Å². The van der Waals surface area contributed by atoms with E-state index in [0.29, 0.717) is 18.2 Å². The van der Waals surface area contributed by atoms with Crippen LogP contribution in [0, 0.1) is 28.5 Å². The lowest BCUT2D eigenvalue weighted by Gasteiger charge is -2.30. The molecule has 0 spiro atoms. The van der Waals surface area contributed by atoms with Gasteiger partial charge in [-0.3, -0.25) is 0 Å². The highest BCUT2D eigenvalue weighted by Crippen LogP contribution is 2.52. The minimum atomic E-state index is -1.20. The van der Waals surface area contributed by atoms with Crippen molar-refractivity contribution in [3.05, 3.63) is 23.3 Å². The maximum Gasteiger partial charge on any atom is 0.148 e. The highest BCUT2D eigenvalue weighted by atomic mass is 28.3. The monoisotopic (exact) mass is 380 g/mol. The standard InChI is InChI=1S/C20H33FN2O2Si/c1-8-17-14(2)20(3,4)19(25-17)18-16(21)11-15(12-22)23(18)13-24-9-10-26(5,6)7/h11,14,17,19H,8-10,13H2,1-7H3/t14-,17-,19+/m1/s1. The van der Waals surface area contributed by atoms with Gasteiger partial charge in [0.2, 0.25) is 0 Å². The first-order chi connectivity index (χ1) is 12.0. The Bertz CT molecular complexity index is 673. The predicted molar refractivity (Wildman–Crippen MR) is 104 cm³/mol. The van der Waals surface area contributed by atoms with Crippen molar-refractivity contribution in [2.24, 2.45) is 11.3 Å². The number of nitriles is 1. The highest BCUT2D eigenvalue weighted by Gasteiger charge is 2.50. The van der Waals surface area contributed by atoms with E-state index in [1.807, 2.05) is 0 Å². The largest absolute Gasteiger partial charge is 0.368 e. The van der Waals surface area contributed by atoms with E-state index in [2.05, 4.69) is 53.4 Å². The number of ether oxygens (including phenoxy) is 2. The minimum Gasteiger partial charge on any atom is -0.368 e. The third-order valence-electron chi connectivity index (χ3n) is 5.79.